The molecule has 0 unspecified atom stereocenters. The number of hydrogen-bond acceptors (Lipinski definition) is 5. The van der Waals surface area contributed by atoms with Crippen LogP contribution >= 0.6 is 0 Å². The second-order valence-electron chi connectivity index (χ2n) is 3.38. The van der Waals surface area contributed by atoms with Crippen LogP contribution in [0.25, 0.3) is 0 Å². The normalized spacial score (nSPS) is 9.88. The molecular formula is C12H16O5. The monoisotopic (exact) mass is 240 g/mol. The van der Waals surface area contributed by atoms with Gasteiger partial charge in [-0.3, -0.25) is 0 Å². The lowest BCUT2D eigenvalue weighted by atomic mass is 10.1. The topological polar surface area (TPSA) is 65.0 Å². The molecule has 0 saturated heterocycles. The molecule has 0 aliphatic carbocycles. The molecule has 94 valence electrons. The van der Waals surface area contributed by atoms with Crippen molar-refractivity contribution in [1.29, 1.82) is 0 Å². The summed E-state index contributed by atoms with van der Waals surface area (Å²) in [7, 11) is 3.01. The third-order valence-corrected chi connectivity index (χ3v) is 2.26. The maximum atomic E-state index is 11.7. The Hall–Kier alpha value is -1.75. The van der Waals surface area contributed by atoms with E-state index in [9.17, 15) is 4.79 Å². The first kappa shape index (κ1) is 13.3. The molecule has 5 nitrogen and oxygen atoms in total. The van der Waals surface area contributed by atoms with Crippen molar-refractivity contribution in [3.8, 4) is 11.5 Å². The molecule has 1 aromatic rings. The van der Waals surface area contributed by atoms with E-state index in [-0.39, 0.29) is 13.2 Å². The van der Waals surface area contributed by atoms with Crippen LogP contribution in [0.3, 0.4) is 0 Å². The average Bonchev–Trinajstić information content (AvgIpc) is 2.34. The molecule has 0 atom stereocenters. The van der Waals surface area contributed by atoms with Crippen molar-refractivity contribution in [3.63, 3.8) is 0 Å². The summed E-state index contributed by atoms with van der Waals surface area (Å²) in [5.41, 5.74) is 1.05. The van der Waals surface area contributed by atoms with Gasteiger partial charge in [0, 0.05) is 6.07 Å². The molecule has 1 N–H and O–H groups in total. The number of aryl methyl sites for hydroxylation is 1. The number of benzene rings is 1. The van der Waals surface area contributed by atoms with E-state index in [4.69, 9.17) is 19.3 Å². The highest BCUT2D eigenvalue weighted by Gasteiger charge is 2.18. The molecule has 1 aromatic carbocycles. The van der Waals surface area contributed by atoms with E-state index in [0.29, 0.717) is 22.6 Å². The lowest BCUT2D eigenvalue weighted by molar-refractivity contribution is 0.0429. The summed E-state index contributed by atoms with van der Waals surface area (Å²) >= 11 is 0. The van der Waals surface area contributed by atoms with Gasteiger partial charge in [-0.1, -0.05) is 0 Å². The van der Waals surface area contributed by atoms with Crippen molar-refractivity contribution in [2.24, 2.45) is 0 Å². The van der Waals surface area contributed by atoms with E-state index < -0.39 is 5.97 Å². The zero-order valence-corrected chi connectivity index (χ0v) is 10.1. The Morgan fingerprint density at radius 2 is 2.00 bits per heavy atom. The second kappa shape index (κ2) is 6.10. The molecule has 0 amide bonds. The molecule has 5 heteroatoms. The fourth-order valence-electron chi connectivity index (χ4n) is 1.47. The fraction of sp³-hybridized carbons (Fsp3) is 0.417. The molecule has 1 rings (SSSR count). The Morgan fingerprint density at radius 3 is 2.53 bits per heavy atom. The third-order valence-electron chi connectivity index (χ3n) is 2.26. The highest BCUT2D eigenvalue weighted by Crippen LogP contribution is 2.28. The Morgan fingerprint density at radius 1 is 1.29 bits per heavy atom. The molecule has 0 fully saturated rings. The number of carbonyl (C=O) groups excluding carboxylic acids is 1. The lowest BCUT2D eigenvalue weighted by Gasteiger charge is -2.12. The smallest absolute Gasteiger partial charge is 0.342 e. The van der Waals surface area contributed by atoms with E-state index >= 15 is 0 Å². The molecule has 0 aliphatic rings. The van der Waals surface area contributed by atoms with Gasteiger partial charge in [0.05, 0.1) is 20.8 Å². The Kier molecular flexibility index (Phi) is 4.78. The van der Waals surface area contributed by atoms with Gasteiger partial charge in [-0.25, -0.2) is 4.79 Å². The van der Waals surface area contributed by atoms with Crippen LogP contribution in [0.15, 0.2) is 12.1 Å². The van der Waals surface area contributed by atoms with Gasteiger partial charge in [0.25, 0.3) is 0 Å². The number of methoxy groups -OCH3 is 2. The van der Waals surface area contributed by atoms with E-state index in [1.54, 1.807) is 19.1 Å². The highest BCUT2D eigenvalue weighted by atomic mass is 16.5. The fourth-order valence-corrected chi connectivity index (χ4v) is 1.47. The standard InChI is InChI=1S/C12H16O5/c1-8-6-9(15-2)7-10(16-3)11(8)12(14)17-5-4-13/h6-7,13H,4-5H2,1-3H3. The van der Waals surface area contributed by atoms with Crippen molar-refractivity contribution in [1.82, 2.24) is 0 Å². The lowest BCUT2D eigenvalue weighted by Crippen LogP contribution is -2.12. The molecular weight excluding hydrogens is 224 g/mol. The zero-order valence-electron chi connectivity index (χ0n) is 10.1. The number of ether oxygens (including phenoxy) is 3. The Labute approximate surface area is 99.9 Å². The van der Waals surface area contributed by atoms with Gasteiger partial charge >= 0.3 is 5.97 Å². The zero-order chi connectivity index (χ0) is 12.8. The van der Waals surface area contributed by atoms with Crippen LogP contribution in [0.5, 0.6) is 11.5 Å². The molecule has 17 heavy (non-hydrogen) atoms. The van der Waals surface area contributed by atoms with Crippen LogP contribution in [0, 0.1) is 6.92 Å². The van der Waals surface area contributed by atoms with Crippen LogP contribution in [-0.2, 0) is 4.74 Å². The second-order valence-corrected chi connectivity index (χ2v) is 3.38. The summed E-state index contributed by atoms with van der Waals surface area (Å²) in [4.78, 5) is 11.7. The number of aliphatic hydroxyl groups excluding tert-OH is 1. The number of rotatable bonds is 5. The van der Waals surface area contributed by atoms with Crippen LogP contribution in [0.4, 0.5) is 0 Å². The predicted octanol–water partition coefficient (Wildman–Crippen LogP) is 1.16. The summed E-state index contributed by atoms with van der Waals surface area (Å²) in [5.74, 6) is 0.485. The van der Waals surface area contributed by atoms with E-state index in [1.807, 2.05) is 0 Å². The first-order valence-electron chi connectivity index (χ1n) is 5.14. The maximum Gasteiger partial charge on any atom is 0.342 e. The van der Waals surface area contributed by atoms with E-state index in [1.165, 1.54) is 14.2 Å². The molecule has 0 aliphatic heterocycles. The van der Waals surface area contributed by atoms with E-state index in [0.717, 1.165) is 0 Å². The van der Waals surface area contributed by atoms with Gasteiger partial charge in [-0.05, 0) is 18.6 Å². The van der Waals surface area contributed by atoms with Crippen molar-refractivity contribution in [2.45, 2.75) is 6.92 Å². The van der Waals surface area contributed by atoms with Crippen molar-refractivity contribution in [3.05, 3.63) is 23.3 Å². The maximum absolute atomic E-state index is 11.7. The minimum Gasteiger partial charge on any atom is -0.497 e. The third kappa shape index (κ3) is 3.10. The van der Waals surface area contributed by atoms with Gasteiger partial charge in [0.15, 0.2) is 0 Å². The summed E-state index contributed by atoms with van der Waals surface area (Å²) in [6.45, 7) is 1.53. The average molecular weight is 240 g/mol. The number of esters is 1. The summed E-state index contributed by atoms with van der Waals surface area (Å²) in [5, 5.41) is 8.61. The van der Waals surface area contributed by atoms with Gasteiger partial charge < -0.3 is 19.3 Å². The largest absolute Gasteiger partial charge is 0.497 e. The first-order valence-corrected chi connectivity index (χ1v) is 5.14. The number of carbonyl (C=O) groups is 1. The van der Waals surface area contributed by atoms with Crippen molar-refractivity contribution in [2.75, 3.05) is 27.4 Å². The molecule has 0 saturated carbocycles. The van der Waals surface area contributed by atoms with Gasteiger partial charge in [0.1, 0.15) is 23.7 Å². The molecule has 0 spiro atoms. The SMILES string of the molecule is COc1cc(C)c(C(=O)OCCO)c(OC)c1. The summed E-state index contributed by atoms with van der Waals surface area (Å²) in [6, 6.07) is 3.33. The first-order chi connectivity index (χ1) is 8.13. The number of hydrogen-bond donors (Lipinski definition) is 1. The quantitative estimate of drug-likeness (QED) is 0.782. The molecule has 0 heterocycles. The van der Waals surface area contributed by atoms with Crippen molar-refractivity contribution < 1.29 is 24.1 Å². The number of aliphatic hydroxyl groups is 1. The Bertz CT molecular complexity index is 400. The van der Waals surface area contributed by atoms with Crippen LogP contribution in [0.2, 0.25) is 0 Å². The van der Waals surface area contributed by atoms with Crippen molar-refractivity contribution >= 4 is 5.97 Å². The molecule has 0 aromatic heterocycles. The molecule has 0 bridgehead atoms. The van der Waals surface area contributed by atoms with Crippen LogP contribution in [-0.4, -0.2) is 38.5 Å². The van der Waals surface area contributed by atoms with E-state index in [2.05, 4.69) is 0 Å². The van der Waals surface area contributed by atoms with Gasteiger partial charge in [-0.2, -0.15) is 0 Å². The minimum atomic E-state index is -0.518. The summed E-state index contributed by atoms with van der Waals surface area (Å²) in [6.07, 6.45) is 0. The van der Waals surface area contributed by atoms with Gasteiger partial charge in [0.2, 0.25) is 0 Å². The highest BCUT2D eigenvalue weighted by molar-refractivity contribution is 5.94. The van der Waals surface area contributed by atoms with Crippen LogP contribution < -0.4 is 9.47 Å². The van der Waals surface area contributed by atoms with Gasteiger partial charge in [-0.15, -0.1) is 0 Å². The Balaban J connectivity index is 3.09. The minimum absolute atomic E-state index is 0.0343. The summed E-state index contributed by atoms with van der Waals surface area (Å²) < 4.78 is 15.1. The van der Waals surface area contributed by atoms with Crippen LogP contribution in [0.1, 0.15) is 15.9 Å². The predicted molar refractivity (Wildman–Crippen MR) is 61.7 cm³/mol. The molecule has 0 radical (unpaired) electrons.